The van der Waals surface area contributed by atoms with E-state index >= 15 is 0 Å². The molecule has 1 aliphatic heterocycles. The van der Waals surface area contributed by atoms with E-state index in [4.69, 9.17) is 0 Å². The van der Waals surface area contributed by atoms with E-state index in [1.165, 1.54) is 0 Å². The van der Waals surface area contributed by atoms with E-state index in [1.54, 1.807) is 6.21 Å². The molecule has 0 aromatic carbocycles. The van der Waals surface area contributed by atoms with Gasteiger partial charge in [0.2, 0.25) is 0 Å². The summed E-state index contributed by atoms with van der Waals surface area (Å²) in [7, 11) is 0. The zero-order chi connectivity index (χ0) is 7.40. The lowest BCUT2D eigenvalue weighted by Gasteiger charge is -1.98. The second kappa shape index (κ2) is 3.30. The number of aldehydes is 1. The number of carbonyl (C=O) groups excluding carboxylic acids is 1. The van der Waals surface area contributed by atoms with Crippen LogP contribution in [-0.4, -0.2) is 18.5 Å². The summed E-state index contributed by atoms with van der Waals surface area (Å²) in [5.74, 6) is 0. The van der Waals surface area contributed by atoms with Crippen molar-refractivity contribution in [2.24, 2.45) is 4.99 Å². The van der Waals surface area contributed by atoms with Gasteiger partial charge in [0.25, 0.3) is 0 Å². The van der Waals surface area contributed by atoms with E-state index in [0.29, 0.717) is 0 Å². The molecular weight excluding hydrogens is 126 g/mol. The van der Waals surface area contributed by atoms with Gasteiger partial charge in [-0.2, -0.15) is 0 Å². The zero-order valence-corrected chi connectivity index (χ0v) is 6.08. The highest BCUT2D eigenvalue weighted by Gasteiger charge is 2.07. The monoisotopic (exact) mass is 137 g/mol. The van der Waals surface area contributed by atoms with Crippen molar-refractivity contribution < 1.29 is 4.79 Å². The lowest BCUT2D eigenvalue weighted by Crippen LogP contribution is -1.94. The van der Waals surface area contributed by atoms with E-state index in [2.05, 4.69) is 11.9 Å². The topological polar surface area (TPSA) is 29.4 Å². The van der Waals surface area contributed by atoms with Crippen molar-refractivity contribution >= 4 is 12.5 Å². The van der Waals surface area contributed by atoms with E-state index < -0.39 is 0 Å². The fourth-order valence-electron chi connectivity index (χ4n) is 1.01. The van der Waals surface area contributed by atoms with Crippen LogP contribution in [0.2, 0.25) is 0 Å². The summed E-state index contributed by atoms with van der Waals surface area (Å²) in [5, 5.41) is 0. The Hall–Kier alpha value is -0.920. The van der Waals surface area contributed by atoms with Crippen LogP contribution >= 0.6 is 0 Å². The van der Waals surface area contributed by atoms with E-state index in [9.17, 15) is 4.79 Å². The summed E-state index contributed by atoms with van der Waals surface area (Å²) in [6.07, 6.45) is 6.57. The van der Waals surface area contributed by atoms with Crippen LogP contribution in [0.15, 0.2) is 16.6 Å². The van der Waals surface area contributed by atoms with Crippen LogP contribution in [0.1, 0.15) is 19.8 Å². The molecule has 2 nitrogen and oxygen atoms in total. The molecule has 0 aromatic heterocycles. The van der Waals surface area contributed by atoms with Crippen LogP contribution in [0, 0.1) is 0 Å². The second-order valence-electron chi connectivity index (χ2n) is 2.42. The maximum Gasteiger partial charge on any atom is 0.151 e. The molecule has 0 aliphatic carbocycles. The van der Waals surface area contributed by atoms with Gasteiger partial charge < -0.3 is 0 Å². The van der Waals surface area contributed by atoms with Gasteiger partial charge in [0, 0.05) is 11.8 Å². The fourth-order valence-corrected chi connectivity index (χ4v) is 1.01. The summed E-state index contributed by atoms with van der Waals surface area (Å²) in [4.78, 5) is 14.3. The molecular formula is C8H11NO. The first kappa shape index (κ1) is 7.19. The zero-order valence-electron chi connectivity index (χ0n) is 6.08. The Morgan fingerprint density at radius 3 is 3.10 bits per heavy atom. The summed E-state index contributed by atoms with van der Waals surface area (Å²) in [6, 6.07) is 0.269. The maximum absolute atomic E-state index is 10.2. The maximum atomic E-state index is 10.2. The summed E-state index contributed by atoms with van der Waals surface area (Å²) >= 11 is 0. The average Bonchev–Trinajstić information content (AvgIpc) is 2.37. The Kier molecular flexibility index (Phi) is 2.37. The van der Waals surface area contributed by atoms with Crippen molar-refractivity contribution in [3.63, 3.8) is 0 Å². The van der Waals surface area contributed by atoms with Crippen LogP contribution in [0.3, 0.4) is 0 Å². The first-order valence-electron chi connectivity index (χ1n) is 3.57. The van der Waals surface area contributed by atoms with Crippen LogP contribution in [0.5, 0.6) is 0 Å². The minimum Gasteiger partial charge on any atom is -0.298 e. The van der Waals surface area contributed by atoms with Crippen molar-refractivity contribution in [1.82, 2.24) is 0 Å². The highest BCUT2D eigenvalue weighted by Crippen LogP contribution is 2.10. The summed E-state index contributed by atoms with van der Waals surface area (Å²) in [6.45, 7) is 2.11. The average molecular weight is 137 g/mol. The van der Waals surface area contributed by atoms with Crippen LogP contribution < -0.4 is 0 Å². The normalized spacial score (nSPS) is 22.9. The molecule has 0 aromatic rings. The largest absolute Gasteiger partial charge is 0.298 e. The Balaban J connectivity index is 2.48. The molecule has 1 rings (SSSR count). The predicted molar refractivity (Wildman–Crippen MR) is 41.3 cm³/mol. The Morgan fingerprint density at radius 2 is 2.60 bits per heavy atom. The molecule has 0 saturated carbocycles. The van der Waals surface area contributed by atoms with Crippen LogP contribution in [0.4, 0.5) is 0 Å². The standard InChI is InChI=1S/C8H11NO/c1-2-3-8-4-7(6-10)5-9-8/h4-6,8H,2-3H2,1H3. The molecule has 2 heteroatoms. The SMILES string of the molecule is CCCC1C=C(C=O)C=N1. The molecule has 0 saturated heterocycles. The Morgan fingerprint density at radius 1 is 1.80 bits per heavy atom. The number of hydrogen-bond donors (Lipinski definition) is 0. The van der Waals surface area contributed by atoms with Crippen molar-refractivity contribution in [3.05, 3.63) is 11.6 Å². The van der Waals surface area contributed by atoms with Gasteiger partial charge in [-0.3, -0.25) is 9.79 Å². The second-order valence-corrected chi connectivity index (χ2v) is 2.42. The highest BCUT2D eigenvalue weighted by atomic mass is 16.1. The molecule has 0 bridgehead atoms. The number of hydrogen-bond acceptors (Lipinski definition) is 2. The van der Waals surface area contributed by atoms with Gasteiger partial charge in [-0.25, -0.2) is 0 Å². The van der Waals surface area contributed by atoms with Crippen LogP contribution in [-0.2, 0) is 4.79 Å². The van der Waals surface area contributed by atoms with Crippen molar-refractivity contribution in [3.8, 4) is 0 Å². The number of nitrogens with zero attached hydrogens (tertiary/aromatic N) is 1. The number of rotatable bonds is 3. The molecule has 0 spiro atoms. The summed E-state index contributed by atoms with van der Waals surface area (Å²) in [5.41, 5.74) is 0.721. The molecule has 0 N–H and O–H groups in total. The first-order valence-corrected chi connectivity index (χ1v) is 3.57. The number of allylic oxidation sites excluding steroid dienone is 1. The van der Waals surface area contributed by atoms with Crippen molar-refractivity contribution in [2.75, 3.05) is 0 Å². The predicted octanol–water partition coefficient (Wildman–Crippen LogP) is 1.36. The third-order valence-electron chi connectivity index (χ3n) is 1.52. The first-order chi connectivity index (χ1) is 4.86. The lowest BCUT2D eigenvalue weighted by molar-refractivity contribution is -0.104. The highest BCUT2D eigenvalue weighted by molar-refractivity contribution is 6.03. The molecule has 1 heterocycles. The minimum absolute atomic E-state index is 0.269. The van der Waals surface area contributed by atoms with Crippen molar-refractivity contribution in [1.29, 1.82) is 0 Å². The lowest BCUT2D eigenvalue weighted by atomic mass is 10.1. The molecule has 54 valence electrons. The van der Waals surface area contributed by atoms with E-state index in [0.717, 1.165) is 24.7 Å². The molecule has 1 aliphatic rings. The minimum atomic E-state index is 0.269. The van der Waals surface area contributed by atoms with Gasteiger partial charge in [-0.1, -0.05) is 13.3 Å². The Labute approximate surface area is 60.7 Å². The van der Waals surface area contributed by atoms with Crippen molar-refractivity contribution in [2.45, 2.75) is 25.8 Å². The summed E-state index contributed by atoms with van der Waals surface area (Å²) < 4.78 is 0. The third kappa shape index (κ3) is 1.53. The molecule has 1 unspecified atom stereocenters. The molecule has 0 fully saturated rings. The molecule has 0 amide bonds. The van der Waals surface area contributed by atoms with Gasteiger partial charge in [0.05, 0.1) is 6.04 Å². The van der Waals surface area contributed by atoms with Gasteiger partial charge in [0.15, 0.2) is 6.29 Å². The molecule has 10 heavy (non-hydrogen) atoms. The van der Waals surface area contributed by atoms with Gasteiger partial charge in [-0.05, 0) is 12.5 Å². The number of aliphatic imine (C=N–C) groups is 1. The van der Waals surface area contributed by atoms with Gasteiger partial charge in [-0.15, -0.1) is 0 Å². The van der Waals surface area contributed by atoms with E-state index in [1.807, 2.05) is 6.08 Å². The third-order valence-corrected chi connectivity index (χ3v) is 1.52. The van der Waals surface area contributed by atoms with Gasteiger partial charge in [0.1, 0.15) is 0 Å². The van der Waals surface area contributed by atoms with Gasteiger partial charge >= 0.3 is 0 Å². The van der Waals surface area contributed by atoms with E-state index in [-0.39, 0.29) is 6.04 Å². The quantitative estimate of drug-likeness (QED) is 0.540. The molecule has 1 atom stereocenters. The number of carbonyl (C=O) groups is 1. The molecule has 0 radical (unpaired) electrons. The van der Waals surface area contributed by atoms with Crippen LogP contribution in [0.25, 0.3) is 0 Å². The smallest absolute Gasteiger partial charge is 0.151 e. The Bertz CT molecular complexity index is 182. The fraction of sp³-hybridized carbons (Fsp3) is 0.500.